The smallest absolute Gasteiger partial charge is 0.280 e. The van der Waals surface area contributed by atoms with Crippen LogP contribution in [0.4, 0.5) is 0 Å². The summed E-state index contributed by atoms with van der Waals surface area (Å²) in [6.07, 6.45) is 0. The Morgan fingerprint density at radius 2 is 1.77 bits per heavy atom. The quantitative estimate of drug-likeness (QED) is 0.746. The van der Waals surface area contributed by atoms with Crippen LogP contribution in [0.3, 0.4) is 0 Å². The van der Waals surface area contributed by atoms with Gasteiger partial charge in [-0.3, -0.25) is 4.79 Å². The number of methoxy groups -OCH3 is 2. The van der Waals surface area contributed by atoms with Crippen molar-refractivity contribution in [2.45, 2.75) is 0 Å². The molecule has 0 bridgehead atoms. The molecule has 0 fully saturated rings. The molecule has 1 heterocycles. The molecule has 0 amide bonds. The first kappa shape index (κ1) is 13.9. The van der Waals surface area contributed by atoms with E-state index in [2.05, 4.69) is 4.98 Å². The van der Waals surface area contributed by atoms with Crippen LogP contribution in [0.1, 0.15) is 0 Å². The zero-order valence-corrected chi connectivity index (χ0v) is 12.2. The second-order valence-corrected chi connectivity index (χ2v) is 4.70. The van der Waals surface area contributed by atoms with Gasteiger partial charge in [-0.15, -0.1) is 0 Å². The van der Waals surface area contributed by atoms with Crippen LogP contribution in [-0.4, -0.2) is 23.9 Å². The molecule has 0 spiro atoms. The van der Waals surface area contributed by atoms with Crippen LogP contribution >= 0.6 is 0 Å². The number of nitrogen functional groups attached to an aromatic ring is 1. The van der Waals surface area contributed by atoms with Crippen molar-refractivity contribution in [1.82, 2.24) is 9.66 Å². The largest absolute Gasteiger partial charge is 0.493 e. The minimum absolute atomic E-state index is 0.296. The topological polar surface area (TPSA) is 79.4 Å². The molecule has 0 aliphatic rings. The molecular weight excluding hydrogens is 282 g/mol. The van der Waals surface area contributed by atoms with Gasteiger partial charge >= 0.3 is 0 Å². The molecule has 6 heteroatoms. The van der Waals surface area contributed by atoms with Crippen molar-refractivity contribution in [3.8, 4) is 22.9 Å². The number of aromatic nitrogens is 2. The maximum atomic E-state index is 12.3. The molecule has 0 saturated heterocycles. The van der Waals surface area contributed by atoms with Crippen molar-refractivity contribution in [2.75, 3.05) is 20.1 Å². The predicted octanol–water partition coefficient (Wildman–Crippen LogP) is 1.79. The van der Waals surface area contributed by atoms with Crippen molar-refractivity contribution in [3.63, 3.8) is 0 Å². The summed E-state index contributed by atoms with van der Waals surface area (Å²) < 4.78 is 11.5. The lowest BCUT2D eigenvalue weighted by Gasteiger charge is -2.12. The maximum Gasteiger partial charge on any atom is 0.280 e. The number of hydrogen-bond acceptors (Lipinski definition) is 5. The summed E-state index contributed by atoms with van der Waals surface area (Å²) in [6.45, 7) is 0. The highest BCUT2D eigenvalue weighted by Crippen LogP contribution is 2.31. The van der Waals surface area contributed by atoms with Gasteiger partial charge in [0.1, 0.15) is 0 Å². The first-order valence-electron chi connectivity index (χ1n) is 6.65. The standard InChI is InChI=1S/C16H15N3O3/c1-21-13-8-7-10(9-14(13)22-2)15-18-12-6-4-3-5-11(12)16(20)19(15)17/h3-9H,17H2,1-2H3. The first-order valence-corrected chi connectivity index (χ1v) is 6.65. The average Bonchev–Trinajstić information content (AvgIpc) is 2.57. The molecule has 2 N–H and O–H groups in total. The Balaban J connectivity index is 2.26. The lowest BCUT2D eigenvalue weighted by atomic mass is 10.1. The van der Waals surface area contributed by atoms with E-state index >= 15 is 0 Å². The third-order valence-corrected chi connectivity index (χ3v) is 3.45. The molecule has 1 aromatic heterocycles. The number of hydrogen-bond donors (Lipinski definition) is 1. The van der Waals surface area contributed by atoms with Gasteiger partial charge < -0.3 is 15.3 Å². The molecule has 6 nitrogen and oxygen atoms in total. The van der Waals surface area contributed by atoms with Crippen molar-refractivity contribution in [1.29, 1.82) is 0 Å². The minimum atomic E-state index is -0.296. The molecule has 0 aliphatic heterocycles. The predicted molar refractivity (Wildman–Crippen MR) is 84.7 cm³/mol. The molecule has 0 unspecified atom stereocenters. The number of rotatable bonds is 3. The monoisotopic (exact) mass is 297 g/mol. The van der Waals surface area contributed by atoms with E-state index in [1.165, 1.54) is 0 Å². The maximum absolute atomic E-state index is 12.3. The average molecular weight is 297 g/mol. The molecular formula is C16H15N3O3. The SMILES string of the molecule is COc1ccc(-c2nc3ccccc3c(=O)n2N)cc1OC. The molecule has 112 valence electrons. The number of nitrogens with zero attached hydrogens (tertiary/aromatic N) is 2. The second kappa shape index (κ2) is 5.40. The zero-order valence-electron chi connectivity index (χ0n) is 12.2. The fourth-order valence-corrected chi connectivity index (χ4v) is 2.32. The van der Waals surface area contributed by atoms with E-state index in [9.17, 15) is 4.79 Å². The van der Waals surface area contributed by atoms with E-state index < -0.39 is 0 Å². The molecule has 0 saturated carbocycles. The highest BCUT2D eigenvalue weighted by molar-refractivity contribution is 5.79. The van der Waals surface area contributed by atoms with Gasteiger partial charge in [0.25, 0.3) is 5.56 Å². The fraction of sp³-hybridized carbons (Fsp3) is 0.125. The highest BCUT2D eigenvalue weighted by Gasteiger charge is 2.13. The number of para-hydroxylation sites is 1. The summed E-state index contributed by atoms with van der Waals surface area (Å²) in [6, 6.07) is 12.3. The fourth-order valence-electron chi connectivity index (χ4n) is 2.32. The van der Waals surface area contributed by atoms with Crippen LogP contribution in [0.2, 0.25) is 0 Å². The van der Waals surface area contributed by atoms with E-state index in [1.54, 1.807) is 50.6 Å². The van der Waals surface area contributed by atoms with Gasteiger partial charge in [0, 0.05) is 5.56 Å². The summed E-state index contributed by atoms with van der Waals surface area (Å²) in [5.41, 5.74) is 0.970. The second-order valence-electron chi connectivity index (χ2n) is 4.70. The van der Waals surface area contributed by atoms with Crippen molar-refractivity contribution in [2.24, 2.45) is 0 Å². The van der Waals surface area contributed by atoms with Crippen LogP contribution in [0, 0.1) is 0 Å². The summed E-state index contributed by atoms with van der Waals surface area (Å²) in [5.74, 6) is 7.42. The van der Waals surface area contributed by atoms with E-state index in [0.29, 0.717) is 33.8 Å². The Kier molecular flexibility index (Phi) is 3.42. The summed E-state index contributed by atoms with van der Waals surface area (Å²) in [5, 5.41) is 0.481. The third-order valence-electron chi connectivity index (χ3n) is 3.45. The number of ether oxygens (including phenoxy) is 2. The number of nitrogens with two attached hydrogens (primary N) is 1. The van der Waals surface area contributed by atoms with Gasteiger partial charge in [0.15, 0.2) is 17.3 Å². The van der Waals surface area contributed by atoms with Crippen molar-refractivity contribution < 1.29 is 9.47 Å². The Morgan fingerprint density at radius 1 is 1.05 bits per heavy atom. The lowest BCUT2D eigenvalue weighted by Crippen LogP contribution is -2.29. The van der Waals surface area contributed by atoms with E-state index in [1.807, 2.05) is 6.07 Å². The zero-order chi connectivity index (χ0) is 15.7. The molecule has 0 aliphatic carbocycles. The van der Waals surface area contributed by atoms with Gasteiger partial charge in [-0.2, -0.15) is 0 Å². The Bertz CT molecular complexity index is 903. The van der Waals surface area contributed by atoms with Gasteiger partial charge in [0.05, 0.1) is 25.1 Å². The number of benzene rings is 2. The van der Waals surface area contributed by atoms with Gasteiger partial charge in [-0.05, 0) is 30.3 Å². The molecule has 0 atom stereocenters. The Hall–Kier alpha value is -3.02. The van der Waals surface area contributed by atoms with Crippen LogP contribution in [-0.2, 0) is 0 Å². The van der Waals surface area contributed by atoms with Crippen LogP contribution in [0.15, 0.2) is 47.3 Å². The Morgan fingerprint density at radius 3 is 2.50 bits per heavy atom. The number of fused-ring (bicyclic) bond motifs is 1. The van der Waals surface area contributed by atoms with Gasteiger partial charge in [-0.25, -0.2) is 9.66 Å². The van der Waals surface area contributed by atoms with E-state index in [4.69, 9.17) is 15.3 Å². The van der Waals surface area contributed by atoms with E-state index in [-0.39, 0.29) is 5.56 Å². The highest BCUT2D eigenvalue weighted by atomic mass is 16.5. The van der Waals surface area contributed by atoms with E-state index in [0.717, 1.165) is 4.68 Å². The minimum Gasteiger partial charge on any atom is -0.493 e. The molecule has 22 heavy (non-hydrogen) atoms. The van der Waals surface area contributed by atoms with Crippen molar-refractivity contribution >= 4 is 10.9 Å². The normalized spacial score (nSPS) is 10.6. The summed E-state index contributed by atoms with van der Waals surface area (Å²) >= 11 is 0. The van der Waals surface area contributed by atoms with Crippen LogP contribution in [0.25, 0.3) is 22.3 Å². The lowest BCUT2D eigenvalue weighted by molar-refractivity contribution is 0.355. The summed E-state index contributed by atoms with van der Waals surface area (Å²) in [4.78, 5) is 16.8. The van der Waals surface area contributed by atoms with Gasteiger partial charge in [0.2, 0.25) is 0 Å². The molecule has 0 radical (unpaired) electrons. The third kappa shape index (κ3) is 2.14. The first-order chi connectivity index (χ1) is 10.7. The van der Waals surface area contributed by atoms with Crippen LogP contribution in [0.5, 0.6) is 11.5 Å². The molecule has 3 aromatic rings. The van der Waals surface area contributed by atoms with Crippen LogP contribution < -0.4 is 20.9 Å². The van der Waals surface area contributed by atoms with Gasteiger partial charge in [-0.1, -0.05) is 12.1 Å². The molecule has 3 rings (SSSR count). The van der Waals surface area contributed by atoms with Crippen molar-refractivity contribution in [3.05, 3.63) is 52.8 Å². The summed E-state index contributed by atoms with van der Waals surface area (Å²) in [7, 11) is 3.11. The Labute approximate surface area is 126 Å². The molecule has 2 aromatic carbocycles.